The van der Waals surface area contributed by atoms with Crippen LogP contribution in [0.3, 0.4) is 0 Å². The number of piperazine rings is 1. The summed E-state index contributed by atoms with van der Waals surface area (Å²) in [6.07, 6.45) is 1.88. The van der Waals surface area contributed by atoms with E-state index in [2.05, 4.69) is 5.32 Å². The van der Waals surface area contributed by atoms with Crippen molar-refractivity contribution in [2.45, 2.75) is 25.8 Å². The number of benzene rings is 2. The number of carbonyl (C=O) groups excluding carboxylic acids is 2. The van der Waals surface area contributed by atoms with E-state index in [1.54, 1.807) is 36.4 Å². The number of amides is 2. The Hall–Kier alpha value is -2.89. The number of anilines is 2. The van der Waals surface area contributed by atoms with Gasteiger partial charge in [-0.25, -0.2) is 4.39 Å². The van der Waals surface area contributed by atoms with E-state index in [4.69, 9.17) is 0 Å². The molecule has 2 fully saturated rings. The van der Waals surface area contributed by atoms with E-state index < -0.39 is 0 Å². The molecule has 2 aromatic carbocycles. The van der Waals surface area contributed by atoms with E-state index in [0.29, 0.717) is 36.6 Å². The third-order valence-electron chi connectivity index (χ3n) is 5.41. The van der Waals surface area contributed by atoms with Crippen LogP contribution < -0.4 is 10.2 Å². The summed E-state index contributed by atoms with van der Waals surface area (Å²) < 4.78 is 14.1. The van der Waals surface area contributed by atoms with Gasteiger partial charge in [-0.05, 0) is 50.1 Å². The van der Waals surface area contributed by atoms with Crippen LogP contribution in [0.2, 0.25) is 0 Å². The van der Waals surface area contributed by atoms with Gasteiger partial charge in [-0.15, -0.1) is 0 Å². The van der Waals surface area contributed by atoms with Gasteiger partial charge in [0.15, 0.2) is 0 Å². The molecule has 2 aromatic rings. The highest BCUT2D eigenvalue weighted by Gasteiger charge is 2.31. The first-order valence-corrected chi connectivity index (χ1v) is 9.74. The first-order chi connectivity index (χ1) is 13.5. The number of hydrogen-bond donors (Lipinski definition) is 1. The minimum absolute atomic E-state index is 0.0245. The second kappa shape index (κ2) is 7.62. The molecular formula is C22H24FN3O2. The van der Waals surface area contributed by atoms with E-state index in [1.807, 2.05) is 22.8 Å². The molecule has 1 heterocycles. The van der Waals surface area contributed by atoms with Crippen molar-refractivity contribution < 1.29 is 14.0 Å². The summed E-state index contributed by atoms with van der Waals surface area (Å²) in [6.45, 7) is 3.65. The summed E-state index contributed by atoms with van der Waals surface area (Å²) in [5.74, 6) is -0.168. The molecule has 0 radical (unpaired) electrons. The van der Waals surface area contributed by atoms with E-state index in [9.17, 15) is 14.0 Å². The van der Waals surface area contributed by atoms with Crippen molar-refractivity contribution in [1.82, 2.24) is 4.90 Å². The van der Waals surface area contributed by atoms with Crippen LogP contribution in [0.1, 0.15) is 30.1 Å². The Kier molecular flexibility index (Phi) is 5.03. The maximum Gasteiger partial charge on any atom is 0.254 e. The van der Waals surface area contributed by atoms with Crippen molar-refractivity contribution in [3.8, 4) is 0 Å². The predicted octanol–water partition coefficient (Wildman–Crippen LogP) is 3.53. The van der Waals surface area contributed by atoms with Crippen molar-refractivity contribution in [3.05, 3.63) is 59.9 Å². The van der Waals surface area contributed by atoms with Crippen LogP contribution in [-0.4, -0.2) is 42.4 Å². The molecule has 2 aliphatic rings. The average Bonchev–Trinajstić information content (AvgIpc) is 3.53. The van der Waals surface area contributed by atoms with Gasteiger partial charge in [0.1, 0.15) is 5.82 Å². The van der Waals surface area contributed by atoms with Crippen LogP contribution >= 0.6 is 0 Å². The van der Waals surface area contributed by atoms with E-state index in [1.165, 1.54) is 6.07 Å². The highest BCUT2D eigenvalue weighted by molar-refractivity contribution is 5.98. The monoisotopic (exact) mass is 381 g/mol. The smallest absolute Gasteiger partial charge is 0.254 e. The largest absolute Gasteiger partial charge is 0.365 e. The lowest BCUT2D eigenvalue weighted by Crippen LogP contribution is -2.54. The zero-order valence-electron chi connectivity index (χ0n) is 15.9. The molecule has 146 valence electrons. The molecule has 6 heteroatoms. The maximum absolute atomic E-state index is 14.1. The summed E-state index contributed by atoms with van der Waals surface area (Å²) in [4.78, 5) is 28.8. The standard InChI is InChI=1S/C22H24FN3O2/c1-15-14-25(20-8-3-2-7-19(20)23)11-12-26(15)22(28)17-5-4-6-18(13-17)24-21(27)16-9-10-16/h2-8,13,15-16H,9-12,14H2,1H3,(H,24,27)/t15-/m0/s1. The van der Waals surface area contributed by atoms with Gasteiger partial charge < -0.3 is 15.1 Å². The molecule has 1 N–H and O–H groups in total. The second-order valence-electron chi connectivity index (χ2n) is 7.59. The Morgan fingerprint density at radius 2 is 1.86 bits per heavy atom. The van der Waals surface area contributed by atoms with Crippen molar-refractivity contribution >= 4 is 23.2 Å². The first-order valence-electron chi connectivity index (χ1n) is 9.74. The molecule has 1 saturated heterocycles. The minimum Gasteiger partial charge on any atom is -0.365 e. The molecule has 4 rings (SSSR count). The Labute approximate surface area is 164 Å². The van der Waals surface area contributed by atoms with Crippen LogP contribution in [-0.2, 0) is 4.79 Å². The molecule has 1 saturated carbocycles. The lowest BCUT2D eigenvalue weighted by Gasteiger charge is -2.41. The van der Waals surface area contributed by atoms with E-state index >= 15 is 0 Å². The van der Waals surface area contributed by atoms with Crippen LogP contribution in [0.4, 0.5) is 15.8 Å². The molecule has 1 atom stereocenters. The predicted molar refractivity (Wildman–Crippen MR) is 107 cm³/mol. The minimum atomic E-state index is -0.242. The summed E-state index contributed by atoms with van der Waals surface area (Å²) in [5.41, 5.74) is 1.78. The summed E-state index contributed by atoms with van der Waals surface area (Å²) >= 11 is 0. The Morgan fingerprint density at radius 1 is 1.07 bits per heavy atom. The van der Waals surface area contributed by atoms with Crippen molar-refractivity contribution in [3.63, 3.8) is 0 Å². The molecule has 28 heavy (non-hydrogen) atoms. The van der Waals surface area contributed by atoms with Gasteiger partial charge in [0.25, 0.3) is 5.91 Å². The lowest BCUT2D eigenvalue weighted by molar-refractivity contribution is -0.117. The van der Waals surface area contributed by atoms with Crippen LogP contribution in [0.5, 0.6) is 0 Å². The van der Waals surface area contributed by atoms with E-state index in [-0.39, 0.29) is 29.6 Å². The fourth-order valence-corrected chi connectivity index (χ4v) is 3.67. The fraction of sp³-hybridized carbons (Fsp3) is 0.364. The maximum atomic E-state index is 14.1. The number of hydrogen-bond acceptors (Lipinski definition) is 3. The number of carbonyl (C=O) groups is 2. The average molecular weight is 381 g/mol. The molecule has 1 aliphatic heterocycles. The zero-order valence-corrected chi connectivity index (χ0v) is 15.9. The van der Waals surface area contributed by atoms with Gasteiger partial charge in [-0.3, -0.25) is 9.59 Å². The number of nitrogens with zero attached hydrogens (tertiary/aromatic N) is 2. The van der Waals surface area contributed by atoms with Gasteiger partial charge in [-0.1, -0.05) is 18.2 Å². The number of halogens is 1. The molecule has 5 nitrogen and oxygen atoms in total. The number of rotatable bonds is 4. The van der Waals surface area contributed by atoms with Gasteiger partial charge in [0.05, 0.1) is 5.69 Å². The first kappa shape index (κ1) is 18.5. The van der Waals surface area contributed by atoms with Gasteiger partial charge in [0.2, 0.25) is 5.91 Å². The third kappa shape index (κ3) is 3.86. The van der Waals surface area contributed by atoms with Crippen molar-refractivity contribution in [2.24, 2.45) is 5.92 Å². The summed E-state index contributed by atoms with van der Waals surface area (Å²) in [6, 6.07) is 13.8. The van der Waals surface area contributed by atoms with Crippen LogP contribution in [0.25, 0.3) is 0 Å². The molecular weight excluding hydrogens is 357 g/mol. The van der Waals surface area contributed by atoms with Crippen LogP contribution in [0.15, 0.2) is 48.5 Å². The second-order valence-corrected chi connectivity index (χ2v) is 7.59. The Bertz CT molecular complexity index is 897. The SMILES string of the molecule is C[C@H]1CN(c2ccccc2F)CCN1C(=O)c1cccc(NC(=O)C2CC2)c1. The highest BCUT2D eigenvalue weighted by Crippen LogP contribution is 2.30. The van der Waals surface area contributed by atoms with Crippen LogP contribution in [0, 0.1) is 11.7 Å². The highest BCUT2D eigenvalue weighted by atomic mass is 19.1. The Balaban J connectivity index is 1.44. The van der Waals surface area contributed by atoms with Gasteiger partial charge >= 0.3 is 0 Å². The molecule has 0 spiro atoms. The van der Waals surface area contributed by atoms with Crippen molar-refractivity contribution in [1.29, 1.82) is 0 Å². The van der Waals surface area contributed by atoms with Gasteiger partial charge in [-0.2, -0.15) is 0 Å². The molecule has 0 bridgehead atoms. The lowest BCUT2D eigenvalue weighted by atomic mass is 10.1. The van der Waals surface area contributed by atoms with E-state index in [0.717, 1.165) is 12.8 Å². The topological polar surface area (TPSA) is 52.6 Å². The Morgan fingerprint density at radius 3 is 2.57 bits per heavy atom. The normalized spacial score (nSPS) is 19.4. The molecule has 0 aromatic heterocycles. The third-order valence-corrected chi connectivity index (χ3v) is 5.41. The summed E-state index contributed by atoms with van der Waals surface area (Å²) in [5, 5.41) is 2.89. The zero-order chi connectivity index (χ0) is 19.7. The van der Waals surface area contributed by atoms with Crippen molar-refractivity contribution in [2.75, 3.05) is 29.9 Å². The fourth-order valence-electron chi connectivity index (χ4n) is 3.67. The summed E-state index contributed by atoms with van der Waals surface area (Å²) in [7, 11) is 0. The quantitative estimate of drug-likeness (QED) is 0.882. The molecule has 2 amide bonds. The van der Waals surface area contributed by atoms with Gasteiger partial charge in [0, 0.05) is 42.8 Å². The number of para-hydroxylation sites is 1. The molecule has 0 unspecified atom stereocenters. The number of nitrogens with one attached hydrogen (secondary N) is 1. The molecule has 1 aliphatic carbocycles.